The summed E-state index contributed by atoms with van der Waals surface area (Å²) in [6.07, 6.45) is 0. The average Bonchev–Trinajstić information content (AvgIpc) is 2.83. The number of hydrogen-bond donors (Lipinski definition) is 0. The summed E-state index contributed by atoms with van der Waals surface area (Å²) in [4.78, 5) is 34.2. The van der Waals surface area contributed by atoms with Crippen LogP contribution in [0.15, 0.2) is 87.6 Å². The number of fused-ring (bicyclic) bond motifs is 2. The van der Waals surface area contributed by atoms with Gasteiger partial charge in [0.15, 0.2) is 5.16 Å². The van der Waals surface area contributed by atoms with Gasteiger partial charge in [0.1, 0.15) is 0 Å². The molecule has 5 rings (SSSR count). The Kier molecular flexibility index (Phi) is 5.76. The number of aryl methyl sites for hydroxylation is 1. The second kappa shape index (κ2) is 8.84. The summed E-state index contributed by atoms with van der Waals surface area (Å²) < 4.78 is 1.61. The molecule has 5 nitrogen and oxygen atoms in total. The van der Waals surface area contributed by atoms with Gasteiger partial charge in [0, 0.05) is 17.2 Å². The number of benzene rings is 3. The van der Waals surface area contributed by atoms with Crippen molar-refractivity contribution in [3.8, 4) is 5.69 Å². The van der Waals surface area contributed by atoms with E-state index in [-0.39, 0.29) is 17.2 Å². The van der Waals surface area contributed by atoms with Crippen LogP contribution in [0.4, 0.5) is 5.69 Å². The zero-order chi connectivity index (χ0) is 22.1. The summed E-state index contributed by atoms with van der Waals surface area (Å²) in [6, 6.07) is 23.1. The van der Waals surface area contributed by atoms with E-state index in [4.69, 9.17) is 4.98 Å². The van der Waals surface area contributed by atoms with Crippen LogP contribution in [0.5, 0.6) is 0 Å². The number of anilines is 1. The van der Waals surface area contributed by atoms with Gasteiger partial charge >= 0.3 is 0 Å². The molecule has 1 aliphatic heterocycles. The van der Waals surface area contributed by atoms with Crippen LogP contribution in [-0.2, 0) is 4.79 Å². The number of nitrogens with zero attached hydrogens (tertiary/aromatic N) is 3. The molecule has 0 spiro atoms. The van der Waals surface area contributed by atoms with E-state index in [1.165, 1.54) is 11.8 Å². The predicted octanol–water partition coefficient (Wildman–Crippen LogP) is 4.93. The molecule has 0 unspecified atom stereocenters. The highest BCUT2D eigenvalue weighted by Gasteiger charge is 2.23. The SMILES string of the molecule is Cc1ccc(-n2c(SCC(=O)N3CCSc4ccccc43)nc3ccccc3c2=O)cc1. The second-order valence-corrected chi connectivity index (χ2v) is 9.62. The van der Waals surface area contributed by atoms with E-state index in [1.54, 1.807) is 22.4 Å². The molecule has 0 N–H and O–H groups in total. The van der Waals surface area contributed by atoms with Crippen LogP contribution in [0.2, 0.25) is 0 Å². The minimum Gasteiger partial charge on any atom is -0.310 e. The van der Waals surface area contributed by atoms with Crippen molar-refractivity contribution < 1.29 is 4.79 Å². The Morgan fingerprint density at radius 3 is 2.62 bits per heavy atom. The van der Waals surface area contributed by atoms with E-state index in [1.807, 2.05) is 78.6 Å². The summed E-state index contributed by atoms with van der Waals surface area (Å²) in [5, 5.41) is 1.08. The highest BCUT2D eigenvalue weighted by molar-refractivity contribution is 8.00. The third-order valence-corrected chi connectivity index (χ3v) is 7.36. The molecule has 32 heavy (non-hydrogen) atoms. The lowest BCUT2D eigenvalue weighted by Crippen LogP contribution is -2.36. The molecule has 3 aromatic carbocycles. The number of para-hydroxylation sites is 2. The lowest BCUT2D eigenvalue weighted by atomic mass is 10.2. The third kappa shape index (κ3) is 3.94. The summed E-state index contributed by atoms with van der Waals surface area (Å²) in [5.41, 5.74) is 3.32. The number of aromatic nitrogens is 2. The first-order valence-electron chi connectivity index (χ1n) is 10.4. The minimum atomic E-state index is -0.130. The van der Waals surface area contributed by atoms with Crippen LogP contribution in [0.3, 0.4) is 0 Å². The fourth-order valence-electron chi connectivity index (χ4n) is 3.76. The summed E-state index contributed by atoms with van der Waals surface area (Å²) >= 11 is 3.08. The monoisotopic (exact) mass is 459 g/mol. The molecular formula is C25H21N3O2S2. The molecule has 1 aromatic heterocycles. The van der Waals surface area contributed by atoms with E-state index in [0.29, 0.717) is 22.6 Å². The van der Waals surface area contributed by atoms with E-state index >= 15 is 0 Å². The zero-order valence-corrected chi connectivity index (χ0v) is 19.2. The van der Waals surface area contributed by atoms with Crippen LogP contribution < -0.4 is 10.5 Å². The maximum Gasteiger partial charge on any atom is 0.266 e. The van der Waals surface area contributed by atoms with Gasteiger partial charge in [-0.05, 0) is 43.3 Å². The molecule has 4 aromatic rings. The van der Waals surface area contributed by atoms with Crippen molar-refractivity contribution in [1.29, 1.82) is 0 Å². The Bertz CT molecular complexity index is 1370. The van der Waals surface area contributed by atoms with E-state index in [0.717, 1.165) is 27.6 Å². The molecule has 0 aliphatic carbocycles. The normalized spacial score (nSPS) is 13.2. The average molecular weight is 460 g/mol. The number of carbonyl (C=O) groups excluding carboxylic acids is 1. The van der Waals surface area contributed by atoms with Gasteiger partial charge < -0.3 is 4.90 Å². The summed E-state index contributed by atoms with van der Waals surface area (Å²) in [6.45, 7) is 2.69. The molecule has 2 heterocycles. The van der Waals surface area contributed by atoms with Crippen molar-refractivity contribution in [2.75, 3.05) is 23.0 Å². The Hall–Kier alpha value is -3.03. The second-order valence-electron chi connectivity index (χ2n) is 7.54. The highest BCUT2D eigenvalue weighted by Crippen LogP contribution is 2.35. The van der Waals surface area contributed by atoms with Crippen molar-refractivity contribution >= 4 is 46.0 Å². The fourth-order valence-corrected chi connectivity index (χ4v) is 5.65. The van der Waals surface area contributed by atoms with Gasteiger partial charge in [0.05, 0.1) is 28.0 Å². The lowest BCUT2D eigenvalue weighted by molar-refractivity contribution is -0.116. The molecule has 7 heteroatoms. The molecule has 0 radical (unpaired) electrons. The van der Waals surface area contributed by atoms with Gasteiger partial charge in [0.2, 0.25) is 5.91 Å². The largest absolute Gasteiger partial charge is 0.310 e. The number of hydrogen-bond acceptors (Lipinski definition) is 5. The van der Waals surface area contributed by atoms with Crippen molar-refractivity contribution in [2.45, 2.75) is 17.0 Å². The number of rotatable bonds is 4. The standard InChI is InChI=1S/C25H21N3O2S2/c1-17-10-12-18(13-11-17)28-24(30)19-6-2-3-7-20(19)26-25(28)32-16-23(29)27-14-15-31-22-9-5-4-8-21(22)27/h2-13H,14-16H2,1H3. The molecular weight excluding hydrogens is 438 g/mol. The van der Waals surface area contributed by atoms with Crippen LogP contribution in [-0.4, -0.2) is 33.5 Å². The first-order chi connectivity index (χ1) is 15.6. The molecule has 0 fully saturated rings. The first-order valence-corrected chi connectivity index (χ1v) is 12.3. The molecule has 0 bridgehead atoms. The Morgan fingerprint density at radius 2 is 1.78 bits per heavy atom. The summed E-state index contributed by atoms with van der Waals surface area (Å²) in [7, 11) is 0. The lowest BCUT2D eigenvalue weighted by Gasteiger charge is -2.29. The Labute approximate surface area is 194 Å². The smallest absolute Gasteiger partial charge is 0.266 e. The Balaban J connectivity index is 1.50. The van der Waals surface area contributed by atoms with Gasteiger partial charge in [0.25, 0.3) is 5.56 Å². The van der Waals surface area contributed by atoms with Crippen molar-refractivity contribution in [2.24, 2.45) is 0 Å². The van der Waals surface area contributed by atoms with Gasteiger partial charge in [-0.2, -0.15) is 0 Å². The number of carbonyl (C=O) groups is 1. The van der Waals surface area contributed by atoms with Crippen LogP contribution in [0.25, 0.3) is 16.6 Å². The van der Waals surface area contributed by atoms with Crippen LogP contribution in [0, 0.1) is 6.92 Å². The Morgan fingerprint density at radius 1 is 1.03 bits per heavy atom. The highest BCUT2D eigenvalue weighted by atomic mass is 32.2. The third-order valence-electron chi connectivity index (χ3n) is 5.39. The maximum atomic E-state index is 13.4. The summed E-state index contributed by atoms with van der Waals surface area (Å²) in [5.74, 6) is 1.09. The zero-order valence-electron chi connectivity index (χ0n) is 17.5. The maximum absolute atomic E-state index is 13.4. The molecule has 0 atom stereocenters. The van der Waals surface area contributed by atoms with Crippen molar-refractivity contribution in [3.63, 3.8) is 0 Å². The minimum absolute atomic E-state index is 0.0145. The van der Waals surface area contributed by atoms with Gasteiger partial charge in [-0.15, -0.1) is 11.8 Å². The van der Waals surface area contributed by atoms with Gasteiger partial charge in [-0.25, -0.2) is 4.98 Å². The quantitative estimate of drug-likeness (QED) is 0.320. The van der Waals surface area contributed by atoms with Crippen LogP contribution in [0.1, 0.15) is 5.56 Å². The number of thioether (sulfide) groups is 2. The molecule has 0 saturated carbocycles. The molecule has 1 amide bonds. The van der Waals surface area contributed by atoms with Gasteiger partial charge in [-0.1, -0.05) is 53.7 Å². The molecule has 0 saturated heterocycles. The van der Waals surface area contributed by atoms with E-state index in [2.05, 4.69) is 0 Å². The first kappa shape index (κ1) is 20.8. The van der Waals surface area contributed by atoms with Crippen LogP contribution >= 0.6 is 23.5 Å². The van der Waals surface area contributed by atoms with Gasteiger partial charge in [-0.3, -0.25) is 14.2 Å². The van der Waals surface area contributed by atoms with E-state index < -0.39 is 0 Å². The molecule has 1 aliphatic rings. The number of amides is 1. The predicted molar refractivity (Wildman–Crippen MR) is 132 cm³/mol. The van der Waals surface area contributed by atoms with Crippen molar-refractivity contribution in [1.82, 2.24) is 9.55 Å². The topological polar surface area (TPSA) is 55.2 Å². The fraction of sp³-hybridized carbons (Fsp3) is 0.160. The molecule has 160 valence electrons. The van der Waals surface area contributed by atoms with Crippen molar-refractivity contribution in [3.05, 3.63) is 88.7 Å². The van der Waals surface area contributed by atoms with E-state index in [9.17, 15) is 9.59 Å².